The number of fused-ring (bicyclic) bond motifs is 8. The normalized spacial score (nSPS) is 12.4. The van der Waals surface area contributed by atoms with E-state index >= 15 is 0 Å². The van der Waals surface area contributed by atoms with Crippen LogP contribution < -0.4 is 35.3 Å². The maximum absolute atomic E-state index is 3.88. The molecule has 0 aromatic heterocycles. The van der Waals surface area contributed by atoms with Crippen LogP contribution in [0.5, 0.6) is 0 Å². The number of allylic oxidation sites excluding steroid dienone is 4. The minimum Gasteiger partial charge on any atom is -1.00 e. The van der Waals surface area contributed by atoms with Crippen molar-refractivity contribution in [3.05, 3.63) is 167 Å². The van der Waals surface area contributed by atoms with E-state index in [0.29, 0.717) is 0 Å². The molecule has 6 aromatic carbocycles. The third kappa shape index (κ3) is 5.62. The van der Waals surface area contributed by atoms with Gasteiger partial charge in [-0.05, 0) is 120 Å². The summed E-state index contributed by atoms with van der Waals surface area (Å²) in [6.07, 6.45) is 11.6. The van der Waals surface area contributed by atoms with Gasteiger partial charge < -0.3 is 24.8 Å². The van der Waals surface area contributed by atoms with Crippen molar-refractivity contribution in [2.75, 3.05) is 0 Å². The average molecular weight is 908 g/mol. The van der Waals surface area contributed by atoms with E-state index in [-0.39, 0.29) is 51.0 Å². The van der Waals surface area contributed by atoms with Crippen molar-refractivity contribution in [2.45, 2.75) is 6.42 Å². The Morgan fingerprint density at radius 3 is 1.68 bits per heavy atom. The second kappa shape index (κ2) is 13.8. The summed E-state index contributed by atoms with van der Waals surface area (Å²) in [5.41, 5.74) is 10.2. The third-order valence-electron chi connectivity index (χ3n) is 8.28. The van der Waals surface area contributed by atoms with Crippen molar-refractivity contribution in [1.82, 2.24) is 0 Å². The number of hydrogen-bond acceptors (Lipinski definition) is 0. The van der Waals surface area contributed by atoms with Crippen molar-refractivity contribution in [3.63, 3.8) is 0 Å². The maximum Gasteiger partial charge on any atom is 3.00 e. The van der Waals surface area contributed by atoms with Crippen LogP contribution in [0.25, 0.3) is 49.9 Å². The summed E-state index contributed by atoms with van der Waals surface area (Å²) in [5, 5.41) is 7.59. The van der Waals surface area contributed by atoms with Gasteiger partial charge in [0.25, 0.3) is 0 Å². The summed E-state index contributed by atoms with van der Waals surface area (Å²) in [6.45, 7) is 0. The van der Waals surface area contributed by atoms with E-state index in [1.807, 2.05) is 0 Å². The van der Waals surface area contributed by atoms with Crippen LogP contribution in [0.2, 0.25) is 0 Å². The molecule has 0 heterocycles. The van der Waals surface area contributed by atoms with Crippen LogP contribution in [0.15, 0.2) is 127 Å². The van der Waals surface area contributed by atoms with E-state index < -0.39 is 0 Å². The predicted molar refractivity (Wildman–Crippen MR) is 190 cm³/mol. The van der Waals surface area contributed by atoms with E-state index in [1.54, 1.807) is 0 Å². The van der Waals surface area contributed by atoms with Gasteiger partial charge in [-0.15, -0.1) is 28.5 Å². The molecule has 0 atom stereocenters. The zero-order valence-corrected chi connectivity index (χ0v) is 31.6. The molecule has 2 aliphatic carbocycles. The topological polar surface area (TPSA) is 0 Å². The van der Waals surface area contributed by atoms with Crippen LogP contribution in [-0.2, 0) is 26.2 Å². The van der Waals surface area contributed by atoms with Gasteiger partial charge in [-0.2, -0.15) is 0 Å². The molecule has 0 N–H and O–H groups in total. The van der Waals surface area contributed by atoms with E-state index in [0.717, 1.165) is 6.42 Å². The van der Waals surface area contributed by atoms with E-state index in [4.69, 9.17) is 0 Å². The van der Waals surface area contributed by atoms with Gasteiger partial charge in [0.15, 0.2) is 0 Å². The zero-order valence-electron chi connectivity index (χ0n) is 23.3. The predicted octanol–water partition coefficient (Wildman–Crippen LogP) is 3.48. The van der Waals surface area contributed by atoms with E-state index in [2.05, 4.69) is 179 Å². The molecule has 211 valence electrons. The van der Waals surface area contributed by atoms with Crippen molar-refractivity contribution in [3.8, 4) is 11.1 Å². The molecule has 8 rings (SSSR count). The Balaban J connectivity index is 0.00000128. The van der Waals surface area contributed by atoms with Gasteiger partial charge in [-0.25, -0.2) is 0 Å². The summed E-state index contributed by atoms with van der Waals surface area (Å²) in [7, 11) is 0. The number of hydrogen-bond donors (Lipinski definition) is 0. The first-order chi connectivity index (χ1) is 20.2. The summed E-state index contributed by atoms with van der Waals surface area (Å²) in [6, 6.07) is 40.2. The molecular formula is C39H23Cl2I2Zr. The Kier molecular flexibility index (Phi) is 10.4. The molecule has 0 amide bonds. The SMILES string of the molecule is Ic1ccc(C(c2ccc(I)cc2)=c2ccc3c(c2C2=CC=CC2)-c2c(c4ccccc4c4ccccc24)[C-]=3)cc1.[Cl-].[Cl-].[Zr+3]. The fourth-order valence-electron chi connectivity index (χ4n) is 6.52. The van der Waals surface area contributed by atoms with Crippen molar-refractivity contribution in [1.29, 1.82) is 0 Å². The molecule has 0 spiro atoms. The van der Waals surface area contributed by atoms with E-state index in [9.17, 15) is 0 Å². The summed E-state index contributed by atoms with van der Waals surface area (Å²) < 4.78 is 2.48. The van der Waals surface area contributed by atoms with Gasteiger partial charge >= 0.3 is 26.2 Å². The third-order valence-corrected chi connectivity index (χ3v) is 9.71. The molecule has 5 heteroatoms. The fraction of sp³-hybridized carbons (Fsp3) is 0.0256. The quantitative estimate of drug-likeness (QED) is 0.145. The van der Waals surface area contributed by atoms with Crippen molar-refractivity contribution < 1.29 is 51.0 Å². The van der Waals surface area contributed by atoms with Crippen molar-refractivity contribution >= 4 is 83.9 Å². The molecule has 6 aromatic rings. The molecule has 44 heavy (non-hydrogen) atoms. The molecule has 1 radical (unpaired) electrons. The molecule has 0 unspecified atom stereocenters. The van der Waals surface area contributed by atoms with Gasteiger partial charge in [-0.1, -0.05) is 113 Å². The Labute approximate surface area is 316 Å². The second-order valence-electron chi connectivity index (χ2n) is 10.6. The summed E-state index contributed by atoms with van der Waals surface area (Å²) in [4.78, 5) is 0. The summed E-state index contributed by atoms with van der Waals surface area (Å²) >= 11 is 4.79. The molecule has 0 saturated heterocycles. The van der Waals surface area contributed by atoms with Crippen LogP contribution in [0.4, 0.5) is 0 Å². The molecule has 0 saturated carbocycles. The zero-order chi connectivity index (χ0) is 27.5. The van der Waals surface area contributed by atoms with Crippen molar-refractivity contribution in [2.24, 2.45) is 0 Å². The standard InChI is InChI=1S/C39H23I2.2ClH.Zr/c40-28-18-13-25(14-19-28)36(26-15-20-29(41)21-16-26)34-22-17-27-23-35-32-11-4-3-9-30(32)31-10-5-6-12-33(31)39(35)38(27)37(34)24-7-1-2-8-24;;;/h1-7,9-22H,8H2;2*1H;/q-1;;;+3/p-2. The molecule has 0 nitrogen and oxygen atoms in total. The summed E-state index contributed by atoms with van der Waals surface area (Å²) in [5.74, 6) is 0. The monoisotopic (exact) mass is 905 g/mol. The molecule has 2 aliphatic rings. The minimum atomic E-state index is 0. The minimum absolute atomic E-state index is 0. The number of benzene rings is 6. The second-order valence-corrected chi connectivity index (χ2v) is 13.1. The Morgan fingerprint density at radius 2 is 1.11 bits per heavy atom. The molecule has 0 aliphatic heterocycles. The fourth-order valence-corrected chi connectivity index (χ4v) is 7.24. The first-order valence-electron chi connectivity index (χ1n) is 13.8. The van der Waals surface area contributed by atoms with Crippen LogP contribution >= 0.6 is 45.2 Å². The molecule has 0 fully saturated rings. The van der Waals surface area contributed by atoms with Gasteiger partial charge in [0, 0.05) is 7.14 Å². The smallest absolute Gasteiger partial charge is 1.00 e. The van der Waals surface area contributed by atoms with Crippen LogP contribution in [0, 0.1) is 7.14 Å². The first kappa shape index (κ1) is 33.3. The Morgan fingerprint density at radius 1 is 0.568 bits per heavy atom. The Hall–Kier alpha value is -2.02. The van der Waals surface area contributed by atoms with Gasteiger partial charge in [0.05, 0.1) is 0 Å². The Bertz CT molecular complexity index is 2190. The van der Waals surface area contributed by atoms with Gasteiger partial charge in [0.2, 0.25) is 0 Å². The average Bonchev–Trinajstić information content (AvgIpc) is 3.68. The van der Waals surface area contributed by atoms with Crippen LogP contribution in [0.3, 0.4) is 0 Å². The largest absolute Gasteiger partial charge is 3.00 e. The van der Waals surface area contributed by atoms with Gasteiger partial charge in [-0.3, -0.25) is 0 Å². The van der Waals surface area contributed by atoms with Gasteiger partial charge in [0.1, 0.15) is 0 Å². The number of halogens is 4. The first-order valence-corrected chi connectivity index (χ1v) is 16.0. The number of rotatable bonds is 3. The van der Waals surface area contributed by atoms with Crippen LogP contribution in [-0.4, -0.2) is 0 Å². The maximum atomic E-state index is 3.88. The molecule has 0 bridgehead atoms. The van der Waals surface area contributed by atoms with Crippen LogP contribution in [0.1, 0.15) is 28.7 Å². The van der Waals surface area contributed by atoms with E-state index in [1.165, 1.54) is 83.6 Å². The molecular weight excluding hydrogens is 884 g/mol.